The Hall–Kier alpha value is -2.68. The summed E-state index contributed by atoms with van der Waals surface area (Å²) in [7, 11) is 0. The number of hydrogen-bond acceptors (Lipinski definition) is 2. The van der Waals surface area contributed by atoms with Gasteiger partial charge >= 0.3 is 0 Å². The van der Waals surface area contributed by atoms with Crippen LogP contribution in [-0.4, -0.2) is 0 Å². The lowest BCUT2D eigenvalue weighted by atomic mass is 9.99. The molecular formula is C24H15S2. The van der Waals surface area contributed by atoms with Crippen molar-refractivity contribution < 1.29 is 0 Å². The molecule has 0 spiro atoms. The minimum Gasteiger partial charge on any atom is -0.135 e. The molecule has 123 valence electrons. The Bertz CT molecular complexity index is 1070. The first-order valence-electron chi connectivity index (χ1n) is 8.54. The molecule has 0 aliphatic carbocycles. The average Bonchev–Trinajstić information content (AvgIpc) is 3.33. The van der Waals surface area contributed by atoms with Gasteiger partial charge in [-0.15, -0.1) is 22.7 Å². The van der Waals surface area contributed by atoms with Crippen molar-refractivity contribution in [3.63, 3.8) is 0 Å². The minimum atomic E-state index is 1.20. The molecule has 0 amide bonds. The second-order valence-corrected chi connectivity index (χ2v) is 8.06. The number of hydrogen-bond donors (Lipinski definition) is 0. The fourth-order valence-electron chi connectivity index (χ4n) is 3.26. The first-order valence-corrected chi connectivity index (χ1v) is 10.2. The van der Waals surface area contributed by atoms with Gasteiger partial charge in [0.1, 0.15) is 0 Å². The van der Waals surface area contributed by atoms with Crippen molar-refractivity contribution in [2.24, 2.45) is 0 Å². The van der Waals surface area contributed by atoms with Crippen LogP contribution in [0.4, 0.5) is 0 Å². The molecule has 0 nitrogen and oxygen atoms in total. The van der Waals surface area contributed by atoms with E-state index in [9.17, 15) is 0 Å². The second-order valence-electron chi connectivity index (χ2n) is 6.16. The number of fused-ring (bicyclic) bond motifs is 1. The minimum absolute atomic E-state index is 1.20. The van der Waals surface area contributed by atoms with Crippen LogP contribution in [0.3, 0.4) is 0 Å². The van der Waals surface area contributed by atoms with Crippen molar-refractivity contribution in [3.05, 3.63) is 96.4 Å². The summed E-state index contributed by atoms with van der Waals surface area (Å²) in [5.41, 5.74) is 4.97. The summed E-state index contributed by atoms with van der Waals surface area (Å²) in [6, 6.07) is 32.2. The summed E-state index contributed by atoms with van der Waals surface area (Å²) >= 11 is 3.57. The zero-order valence-electron chi connectivity index (χ0n) is 14.0. The molecule has 0 fully saturated rings. The van der Waals surface area contributed by atoms with Crippen LogP contribution in [0, 0.1) is 5.38 Å². The molecule has 5 rings (SSSR count). The molecule has 0 saturated heterocycles. The summed E-state index contributed by atoms with van der Waals surface area (Å²) in [6.45, 7) is 0. The summed E-state index contributed by atoms with van der Waals surface area (Å²) in [6.07, 6.45) is 0. The van der Waals surface area contributed by atoms with Gasteiger partial charge in [0, 0.05) is 25.6 Å². The molecule has 2 heterocycles. The van der Waals surface area contributed by atoms with E-state index >= 15 is 0 Å². The van der Waals surface area contributed by atoms with Gasteiger partial charge in [0.25, 0.3) is 0 Å². The van der Waals surface area contributed by atoms with Crippen LogP contribution in [-0.2, 0) is 0 Å². The Morgan fingerprint density at radius 2 is 1.31 bits per heavy atom. The zero-order chi connectivity index (χ0) is 17.3. The third kappa shape index (κ3) is 2.68. The Balaban J connectivity index is 1.79. The van der Waals surface area contributed by atoms with Crippen molar-refractivity contribution in [1.29, 1.82) is 0 Å². The first-order chi connectivity index (χ1) is 12.9. The molecular weight excluding hydrogens is 352 g/mol. The van der Waals surface area contributed by atoms with Crippen LogP contribution in [0.25, 0.3) is 42.1 Å². The van der Waals surface area contributed by atoms with Gasteiger partial charge in [0.2, 0.25) is 0 Å². The lowest BCUT2D eigenvalue weighted by molar-refractivity contribution is 1.66. The van der Waals surface area contributed by atoms with Gasteiger partial charge in [-0.1, -0.05) is 78.9 Å². The standard InChI is InChI=1S/C24H15S2/c1-3-9-17(10-4-1)20-16-25-24(18-11-5-2-6-12-18)23(20)22-15-19-13-7-8-14-21(19)26-22/h1-15H. The highest BCUT2D eigenvalue weighted by Crippen LogP contribution is 2.47. The SMILES string of the molecule is [c]1sc(-c2ccccc2)c(-c2cc3ccccc3s2)c1-c1ccccc1. The fourth-order valence-corrected chi connectivity index (χ4v) is 5.44. The van der Waals surface area contributed by atoms with Crippen LogP contribution in [0.1, 0.15) is 0 Å². The summed E-state index contributed by atoms with van der Waals surface area (Å²) in [5.74, 6) is 0. The second kappa shape index (κ2) is 6.56. The van der Waals surface area contributed by atoms with Crippen molar-refractivity contribution in [2.75, 3.05) is 0 Å². The van der Waals surface area contributed by atoms with E-state index in [1.165, 1.54) is 42.1 Å². The maximum atomic E-state index is 3.58. The van der Waals surface area contributed by atoms with Gasteiger partial charge in [-0.3, -0.25) is 0 Å². The van der Waals surface area contributed by atoms with Crippen molar-refractivity contribution >= 4 is 32.8 Å². The van der Waals surface area contributed by atoms with Gasteiger partial charge < -0.3 is 0 Å². The lowest BCUT2D eigenvalue weighted by Crippen LogP contribution is -1.81. The Labute approximate surface area is 161 Å². The Morgan fingerprint density at radius 1 is 0.654 bits per heavy atom. The van der Waals surface area contributed by atoms with Gasteiger partial charge in [0.05, 0.1) is 5.38 Å². The summed E-state index contributed by atoms with van der Waals surface area (Å²) in [4.78, 5) is 2.59. The first kappa shape index (κ1) is 15.6. The predicted molar refractivity (Wildman–Crippen MR) is 115 cm³/mol. The van der Waals surface area contributed by atoms with Gasteiger partial charge in [-0.2, -0.15) is 0 Å². The van der Waals surface area contributed by atoms with Crippen molar-refractivity contribution in [2.45, 2.75) is 0 Å². The number of thiophene rings is 2. The lowest BCUT2D eigenvalue weighted by Gasteiger charge is -2.06. The van der Waals surface area contributed by atoms with E-state index in [0.717, 1.165) is 0 Å². The molecule has 5 aromatic rings. The zero-order valence-corrected chi connectivity index (χ0v) is 15.6. The molecule has 26 heavy (non-hydrogen) atoms. The Kier molecular flexibility index (Phi) is 3.93. The van der Waals surface area contributed by atoms with E-state index in [0.29, 0.717) is 0 Å². The molecule has 3 aromatic carbocycles. The van der Waals surface area contributed by atoms with E-state index in [-0.39, 0.29) is 0 Å². The van der Waals surface area contributed by atoms with Gasteiger partial charge in [-0.25, -0.2) is 0 Å². The van der Waals surface area contributed by atoms with E-state index in [4.69, 9.17) is 0 Å². The van der Waals surface area contributed by atoms with E-state index in [1.807, 2.05) is 11.3 Å². The van der Waals surface area contributed by atoms with Crippen LogP contribution in [0.15, 0.2) is 91.0 Å². The number of rotatable bonds is 3. The molecule has 0 aliphatic rings. The molecule has 0 unspecified atom stereocenters. The average molecular weight is 368 g/mol. The smallest absolute Gasteiger partial charge is 0.0541 e. The topological polar surface area (TPSA) is 0 Å². The van der Waals surface area contributed by atoms with E-state index in [1.54, 1.807) is 11.3 Å². The van der Waals surface area contributed by atoms with Gasteiger partial charge in [0.15, 0.2) is 0 Å². The third-order valence-corrected chi connectivity index (χ3v) is 6.59. The molecule has 0 saturated carbocycles. The quantitative estimate of drug-likeness (QED) is 0.305. The molecule has 0 bridgehead atoms. The van der Waals surface area contributed by atoms with Crippen LogP contribution in [0.5, 0.6) is 0 Å². The van der Waals surface area contributed by atoms with Crippen molar-refractivity contribution in [3.8, 4) is 32.0 Å². The summed E-state index contributed by atoms with van der Waals surface area (Å²) < 4.78 is 1.33. The predicted octanol–water partition coefficient (Wildman–Crippen LogP) is 7.76. The highest BCUT2D eigenvalue weighted by atomic mass is 32.1. The molecule has 0 N–H and O–H groups in total. The highest BCUT2D eigenvalue weighted by Gasteiger charge is 2.18. The molecule has 2 aromatic heterocycles. The van der Waals surface area contributed by atoms with Gasteiger partial charge in [-0.05, 0) is 28.6 Å². The van der Waals surface area contributed by atoms with Crippen LogP contribution in [0.2, 0.25) is 0 Å². The third-order valence-electron chi connectivity index (χ3n) is 4.50. The molecule has 1 radical (unpaired) electrons. The Morgan fingerprint density at radius 3 is 2.04 bits per heavy atom. The molecule has 0 atom stereocenters. The molecule has 0 aliphatic heterocycles. The molecule has 2 heteroatoms. The monoisotopic (exact) mass is 367 g/mol. The largest absolute Gasteiger partial charge is 0.135 e. The highest BCUT2D eigenvalue weighted by molar-refractivity contribution is 7.23. The fraction of sp³-hybridized carbons (Fsp3) is 0. The normalized spacial score (nSPS) is 11.1. The van der Waals surface area contributed by atoms with Crippen LogP contribution < -0.4 is 0 Å². The number of benzene rings is 3. The maximum absolute atomic E-state index is 3.58. The summed E-state index contributed by atoms with van der Waals surface area (Å²) in [5, 5.41) is 4.88. The van der Waals surface area contributed by atoms with Crippen LogP contribution >= 0.6 is 22.7 Å². The van der Waals surface area contributed by atoms with E-state index < -0.39 is 0 Å². The van der Waals surface area contributed by atoms with E-state index in [2.05, 4.69) is 96.4 Å². The van der Waals surface area contributed by atoms with Crippen molar-refractivity contribution in [1.82, 2.24) is 0 Å². The maximum Gasteiger partial charge on any atom is 0.0541 e.